The molecule has 0 unspecified atom stereocenters. The van der Waals surface area contributed by atoms with Gasteiger partial charge in [-0.1, -0.05) is 34.1 Å². The van der Waals surface area contributed by atoms with Crippen LogP contribution < -0.4 is 9.47 Å². The highest BCUT2D eigenvalue weighted by molar-refractivity contribution is 9.08. The Labute approximate surface area is 170 Å². The van der Waals surface area contributed by atoms with Crippen molar-refractivity contribution >= 4 is 39.0 Å². The van der Waals surface area contributed by atoms with Crippen LogP contribution >= 0.6 is 15.9 Å². The van der Waals surface area contributed by atoms with E-state index in [0.717, 1.165) is 0 Å². The number of ether oxygens (including phenoxy) is 3. The third-order valence-corrected chi connectivity index (χ3v) is 4.26. The molecule has 0 aliphatic heterocycles. The molecular weight excluding hydrogens is 428 g/mol. The number of halogens is 1. The number of para-hydroxylation sites is 1. The van der Waals surface area contributed by atoms with Gasteiger partial charge in [0.2, 0.25) is 0 Å². The quantitative estimate of drug-likeness (QED) is 0.216. The Hall–Kier alpha value is -2.80. The lowest BCUT2D eigenvalue weighted by atomic mass is 10.0. The number of hydrogen-bond donors (Lipinski definition) is 0. The van der Waals surface area contributed by atoms with Gasteiger partial charge >= 0.3 is 12.1 Å². The van der Waals surface area contributed by atoms with Crippen LogP contribution in [0.2, 0.25) is 0 Å². The first-order chi connectivity index (χ1) is 13.3. The second-order valence-electron chi connectivity index (χ2n) is 6.98. The lowest BCUT2D eigenvalue weighted by Crippen LogP contribution is -2.26. The van der Waals surface area contributed by atoms with Gasteiger partial charge in [-0.3, -0.25) is 0 Å². The highest BCUT2D eigenvalue weighted by Crippen LogP contribution is 2.36. The predicted octanol–water partition coefficient (Wildman–Crippen LogP) is 5.86. The summed E-state index contributed by atoms with van der Waals surface area (Å²) in [6, 6.07) is 12.1. The maximum absolute atomic E-state index is 12.9. The monoisotopic (exact) mass is 446 g/mol. The van der Waals surface area contributed by atoms with Crippen LogP contribution in [0.4, 0.5) is 4.79 Å². The molecule has 7 heteroatoms. The number of esters is 1. The van der Waals surface area contributed by atoms with E-state index in [-0.39, 0.29) is 16.9 Å². The summed E-state index contributed by atoms with van der Waals surface area (Å²) in [7, 11) is 0. The molecule has 3 rings (SSSR count). The van der Waals surface area contributed by atoms with Gasteiger partial charge in [-0.05, 0) is 50.6 Å². The van der Waals surface area contributed by atoms with E-state index in [1.54, 1.807) is 57.2 Å². The number of furan rings is 1. The standard InChI is InChI=1S/C21H19BrO6/c1-21(2,3)28-20(24)27-18-16(19(23)26-15-7-5-4-6-8-15)14(12-22)11-13-9-10-25-17(13)18/h4-11H,12H2,1-3H3. The lowest BCUT2D eigenvalue weighted by Gasteiger charge is -2.20. The Kier molecular flexibility index (Phi) is 5.74. The van der Waals surface area contributed by atoms with Crippen molar-refractivity contribution in [3.8, 4) is 11.5 Å². The average molecular weight is 447 g/mol. The van der Waals surface area contributed by atoms with E-state index in [0.29, 0.717) is 22.0 Å². The first-order valence-electron chi connectivity index (χ1n) is 8.55. The van der Waals surface area contributed by atoms with Crippen molar-refractivity contribution in [3.05, 3.63) is 59.9 Å². The molecule has 0 N–H and O–H groups in total. The molecule has 0 aliphatic carbocycles. The first-order valence-corrected chi connectivity index (χ1v) is 9.68. The number of rotatable bonds is 4. The zero-order valence-electron chi connectivity index (χ0n) is 15.7. The van der Waals surface area contributed by atoms with Gasteiger partial charge in [0.25, 0.3) is 0 Å². The summed E-state index contributed by atoms with van der Waals surface area (Å²) in [6.45, 7) is 5.16. The van der Waals surface area contributed by atoms with Crippen LogP contribution in [0.3, 0.4) is 0 Å². The second-order valence-corrected chi connectivity index (χ2v) is 7.54. The van der Waals surface area contributed by atoms with E-state index in [2.05, 4.69) is 15.9 Å². The highest BCUT2D eigenvalue weighted by Gasteiger charge is 2.28. The summed E-state index contributed by atoms with van der Waals surface area (Å²) in [5.74, 6) is -0.333. The van der Waals surface area contributed by atoms with Gasteiger partial charge in [0.05, 0.1) is 6.26 Å². The lowest BCUT2D eigenvalue weighted by molar-refractivity contribution is 0.0205. The molecule has 28 heavy (non-hydrogen) atoms. The van der Waals surface area contributed by atoms with Crippen LogP contribution in [-0.2, 0) is 10.1 Å². The Morgan fingerprint density at radius 2 is 1.79 bits per heavy atom. The number of benzene rings is 2. The minimum atomic E-state index is -0.939. The predicted molar refractivity (Wildman–Crippen MR) is 107 cm³/mol. The smallest absolute Gasteiger partial charge is 0.460 e. The molecule has 0 spiro atoms. The van der Waals surface area contributed by atoms with Crippen molar-refractivity contribution in [1.29, 1.82) is 0 Å². The van der Waals surface area contributed by atoms with Crippen molar-refractivity contribution in [3.63, 3.8) is 0 Å². The summed E-state index contributed by atoms with van der Waals surface area (Å²) >= 11 is 3.38. The molecular formula is C21H19BrO6. The third-order valence-electron chi connectivity index (χ3n) is 3.66. The van der Waals surface area contributed by atoms with Gasteiger partial charge in [-0.15, -0.1) is 0 Å². The molecule has 0 radical (unpaired) electrons. The van der Waals surface area contributed by atoms with Crippen molar-refractivity contribution in [2.75, 3.05) is 0 Å². The van der Waals surface area contributed by atoms with Crippen molar-refractivity contribution in [2.24, 2.45) is 0 Å². The van der Waals surface area contributed by atoms with Gasteiger partial charge in [-0.25, -0.2) is 9.59 Å². The Bertz CT molecular complexity index is 1000. The zero-order chi connectivity index (χ0) is 20.3. The maximum atomic E-state index is 12.9. The summed E-state index contributed by atoms with van der Waals surface area (Å²) in [6.07, 6.45) is 0.516. The number of carbonyl (C=O) groups is 2. The molecule has 2 aromatic carbocycles. The van der Waals surface area contributed by atoms with Crippen LogP contribution in [0.5, 0.6) is 11.5 Å². The fourth-order valence-electron chi connectivity index (χ4n) is 2.56. The zero-order valence-corrected chi connectivity index (χ0v) is 17.2. The van der Waals surface area contributed by atoms with Gasteiger partial charge < -0.3 is 18.6 Å². The topological polar surface area (TPSA) is 75.0 Å². The molecule has 0 bridgehead atoms. The van der Waals surface area contributed by atoms with Crippen molar-refractivity contribution in [2.45, 2.75) is 31.7 Å². The average Bonchev–Trinajstić information content (AvgIpc) is 3.09. The van der Waals surface area contributed by atoms with Crippen LogP contribution in [-0.4, -0.2) is 17.7 Å². The SMILES string of the molecule is CC(C)(C)OC(=O)Oc1c(C(=O)Oc2ccccc2)c(CBr)cc2ccoc12. The minimum absolute atomic E-state index is 0.0351. The summed E-state index contributed by atoms with van der Waals surface area (Å²) in [5, 5.41) is 1.03. The Morgan fingerprint density at radius 3 is 2.43 bits per heavy atom. The molecule has 146 valence electrons. The number of alkyl halides is 1. The highest BCUT2D eigenvalue weighted by atomic mass is 79.9. The Balaban J connectivity index is 2.06. The molecule has 1 aromatic heterocycles. The van der Waals surface area contributed by atoms with Crippen molar-refractivity contribution < 1.29 is 28.2 Å². The molecule has 0 fully saturated rings. The van der Waals surface area contributed by atoms with E-state index in [1.165, 1.54) is 6.26 Å². The molecule has 0 saturated heterocycles. The van der Waals surface area contributed by atoms with E-state index < -0.39 is 17.7 Å². The van der Waals surface area contributed by atoms with E-state index in [1.807, 2.05) is 6.07 Å². The molecule has 0 aliphatic rings. The van der Waals surface area contributed by atoms with Crippen molar-refractivity contribution in [1.82, 2.24) is 0 Å². The normalized spacial score (nSPS) is 11.3. The summed E-state index contributed by atoms with van der Waals surface area (Å²) in [4.78, 5) is 25.2. The van der Waals surface area contributed by atoms with Crippen LogP contribution in [0.15, 0.2) is 53.1 Å². The molecule has 0 saturated carbocycles. The second kappa shape index (κ2) is 8.06. The fourth-order valence-corrected chi connectivity index (χ4v) is 3.01. The van der Waals surface area contributed by atoms with Gasteiger partial charge in [0, 0.05) is 10.7 Å². The molecule has 6 nitrogen and oxygen atoms in total. The van der Waals surface area contributed by atoms with E-state index >= 15 is 0 Å². The van der Waals surface area contributed by atoms with Crippen LogP contribution in [0.1, 0.15) is 36.7 Å². The van der Waals surface area contributed by atoms with Crippen LogP contribution in [0.25, 0.3) is 11.0 Å². The number of hydrogen-bond acceptors (Lipinski definition) is 6. The first kappa shape index (κ1) is 19.9. The third kappa shape index (κ3) is 4.54. The van der Waals surface area contributed by atoms with Gasteiger partial charge in [0.15, 0.2) is 11.3 Å². The maximum Gasteiger partial charge on any atom is 0.514 e. The number of carbonyl (C=O) groups excluding carboxylic acids is 2. The number of fused-ring (bicyclic) bond motifs is 1. The Morgan fingerprint density at radius 1 is 1.07 bits per heavy atom. The van der Waals surface area contributed by atoms with Gasteiger partial charge in [0.1, 0.15) is 16.9 Å². The molecule has 0 amide bonds. The summed E-state index contributed by atoms with van der Waals surface area (Å²) < 4.78 is 21.6. The minimum Gasteiger partial charge on any atom is -0.460 e. The van der Waals surface area contributed by atoms with Crippen LogP contribution in [0, 0.1) is 0 Å². The van der Waals surface area contributed by atoms with E-state index in [9.17, 15) is 9.59 Å². The molecule has 1 heterocycles. The summed E-state index contributed by atoms with van der Waals surface area (Å²) in [5.41, 5.74) is 0.190. The largest absolute Gasteiger partial charge is 0.514 e. The molecule has 0 atom stereocenters. The fraction of sp³-hybridized carbons (Fsp3) is 0.238. The van der Waals surface area contributed by atoms with Gasteiger partial charge in [-0.2, -0.15) is 0 Å². The van der Waals surface area contributed by atoms with E-state index in [4.69, 9.17) is 18.6 Å². The molecule has 3 aromatic rings.